The average molecular weight is 208 g/mol. The highest BCUT2D eigenvalue weighted by Gasteiger charge is 2.36. The van der Waals surface area contributed by atoms with Gasteiger partial charge in [0.05, 0.1) is 5.97 Å². The maximum absolute atomic E-state index is 11.0. The van der Waals surface area contributed by atoms with Crippen LogP contribution in [-0.2, 0) is 4.79 Å². The van der Waals surface area contributed by atoms with E-state index in [0.29, 0.717) is 24.1 Å². The zero-order chi connectivity index (χ0) is 11.0. The molecule has 2 fully saturated rings. The summed E-state index contributed by atoms with van der Waals surface area (Å²) >= 11 is 0. The van der Waals surface area contributed by atoms with E-state index in [-0.39, 0.29) is 0 Å². The lowest BCUT2D eigenvalue weighted by Crippen LogP contribution is -2.38. The van der Waals surface area contributed by atoms with E-state index in [2.05, 4.69) is 11.9 Å². The highest BCUT2D eigenvalue weighted by atomic mass is 16.4. The largest absolute Gasteiger partial charge is 0.545 e. The Kier molecular flexibility index (Phi) is 2.83. The molecule has 0 N–H and O–H groups in total. The lowest BCUT2D eigenvalue weighted by molar-refractivity contribution is -0.299. The Morgan fingerprint density at radius 2 is 1.93 bits per heavy atom. The Balaban J connectivity index is 2.23. The molecule has 2 saturated heterocycles. The van der Waals surface area contributed by atoms with Crippen LogP contribution < -0.4 is 5.11 Å². The van der Waals surface area contributed by atoms with Crippen molar-refractivity contribution < 1.29 is 9.90 Å². The number of piperidine rings is 1. The molecule has 2 bridgehead atoms. The van der Waals surface area contributed by atoms with Crippen LogP contribution in [0.3, 0.4) is 0 Å². The monoisotopic (exact) mass is 208 g/mol. The second-order valence-corrected chi connectivity index (χ2v) is 4.68. The molecule has 3 nitrogen and oxygen atoms in total. The van der Waals surface area contributed by atoms with Crippen LogP contribution in [0.2, 0.25) is 0 Å². The summed E-state index contributed by atoms with van der Waals surface area (Å²) in [6.07, 6.45) is 4.90. The summed E-state index contributed by atoms with van der Waals surface area (Å²) in [6, 6.07) is 1.14. The van der Waals surface area contributed by atoms with E-state index in [1.807, 2.05) is 6.92 Å². The van der Waals surface area contributed by atoms with Crippen LogP contribution in [0, 0.1) is 0 Å². The van der Waals surface area contributed by atoms with Gasteiger partial charge in [-0.3, -0.25) is 4.90 Å². The minimum absolute atomic E-state index is 0.556. The molecule has 84 valence electrons. The fourth-order valence-corrected chi connectivity index (χ4v) is 3.02. The lowest BCUT2D eigenvalue weighted by atomic mass is 9.92. The van der Waals surface area contributed by atoms with Crippen molar-refractivity contribution in [3.05, 3.63) is 11.1 Å². The molecule has 2 aliphatic rings. The van der Waals surface area contributed by atoms with Crippen LogP contribution in [0.25, 0.3) is 0 Å². The van der Waals surface area contributed by atoms with Gasteiger partial charge in [0.15, 0.2) is 0 Å². The van der Waals surface area contributed by atoms with Crippen LogP contribution in [-0.4, -0.2) is 30.0 Å². The molecular weight excluding hydrogens is 190 g/mol. The zero-order valence-electron chi connectivity index (χ0n) is 9.45. The summed E-state index contributed by atoms with van der Waals surface area (Å²) in [5.41, 5.74) is 1.70. The molecule has 0 radical (unpaired) electrons. The lowest BCUT2D eigenvalue weighted by Gasteiger charge is -2.34. The second kappa shape index (κ2) is 3.97. The second-order valence-electron chi connectivity index (χ2n) is 4.68. The van der Waals surface area contributed by atoms with Gasteiger partial charge in [-0.25, -0.2) is 0 Å². The quantitative estimate of drug-likeness (QED) is 0.627. The van der Waals surface area contributed by atoms with Crippen LogP contribution in [0.15, 0.2) is 11.1 Å². The van der Waals surface area contributed by atoms with Gasteiger partial charge >= 0.3 is 0 Å². The van der Waals surface area contributed by atoms with Crippen molar-refractivity contribution in [3.63, 3.8) is 0 Å². The van der Waals surface area contributed by atoms with Gasteiger partial charge in [0.25, 0.3) is 0 Å². The van der Waals surface area contributed by atoms with Crippen molar-refractivity contribution in [2.45, 2.75) is 51.1 Å². The number of carboxylic acid groups (broad SMARTS) is 1. The Hall–Kier alpha value is -0.830. The molecule has 2 rings (SSSR count). The predicted octanol–water partition coefficient (Wildman–Crippen LogP) is 0.700. The Morgan fingerprint density at radius 3 is 2.33 bits per heavy atom. The summed E-state index contributed by atoms with van der Waals surface area (Å²) in [7, 11) is 2.16. The summed E-state index contributed by atoms with van der Waals surface area (Å²) in [5.74, 6) is -0.962. The first-order chi connectivity index (χ1) is 7.13. The first-order valence-electron chi connectivity index (χ1n) is 5.77. The van der Waals surface area contributed by atoms with Crippen LogP contribution in [0.4, 0.5) is 0 Å². The van der Waals surface area contributed by atoms with E-state index in [9.17, 15) is 9.90 Å². The number of hydrogen-bond donors (Lipinski definition) is 0. The summed E-state index contributed by atoms with van der Waals surface area (Å²) in [6.45, 7) is 1.90. The maximum atomic E-state index is 11.0. The van der Waals surface area contributed by atoms with Crippen LogP contribution in [0.1, 0.15) is 39.0 Å². The van der Waals surface area contributed by atoms with Crippen molar-refractivity contribution in [1.82, 2.24) is 4.90 Å². The Morgan fingerprint density at radius 1 is 1.40 bits per heavy atom. The van der Waals surface area contributed by atoms with Gasteiger partial charge in [-0.05, 0) is 44.7 Å². The third-order valence-corrected chi connectivity index (χ3v) is 3.98. The van der Waals surface area contributed by atoms with Crippen molar-refractivity contribution in [1.29, 1.82) is 0 Å². The van der Waals surface area contributed by atoms with Crippen molar-refractivity contribution in [2.24, 2.45) is 0 Å². The third-order valence-electron chi connectivity index (χ3n) is 3.98. The molecule has 2 aliphatic heterocycles. The zero-order valence-corrected chi connectivity index (χ0v) is 9.45. The molecule has 0 aromatic heterocycles. The maximum Gasteiger partial charge on any atom is 0.0674 e. The van der Waals surface area contributed by atoms with Gasteiger partial charge in [-0.15, -0.1) is 0 Å². The number of hydrogen-bond acceptors (Lipinski definition) is 3. The first kappa shape index (κ1) is 10.7. The van der Waals surface area contributed by atoms with E-state index in [1.54, 1.807) is 0 Å². The van der Waals surface area contributed by atoms with Crippen molar-refractivity contribution >= 4 is 5.97 Å². The number of carbonyl (C=O) groups excluding carboxylic acids is 1. The van der Waals surface area contributed by atoms with E-state index in [1.165, 1.54) is 12.8 Å². The average Bonchev–Trinajstić information content (AvgIpc) is 2.43. The molecule has 2 atom stereocenters. The summed E-state index contributed by atoms with van der Waals surface area (Å²) in [5, 5.41) is 11.0. The fraction of sp³-hybridized carbons (Fsp3) is 0.750. The van der Waals surface area contributed by atoms with Crippen LogP contribution in [0.5, 0.6) is 0 Å². The standard InChI is InChI=1S/C12H19NO2/c1-3-11(12(14)15)8-6-9-4-5-10(7-8)13(9)2/h9-10H,3-7H2,1-2H3,(H,14,15)/p-1. The number of nitrogens with zero attached hydrogens (tertiary/aromatic N) is 1. The molecular formula is C12H18NO2-. The Labute approximate surface area is 90.8 Å². The highest BCUT2D eigenvalue weighted by molar-refractivity contribution is 5.85. The first-order valence-corrected chi connectivity index (χ1v) is 5.77. The molecule has 3 heteroatoms. The number of aliphatic carboxylic acids is 1. The Bertz CT molecular complexity index is 293. The SMILES string of the molecule is CCC(C(=O)[O-])=C1CC2CCC(C1)N2C. The minimum atomic E-state index is -0.962. The summed E-state index contributed by atoms with van der Waals surface area (Å²) < 4.78 is 0. The van der Waals surface area contributed by atoms with Gasteiger partial charge in [0.2, 0.25) is 0 Å². The minimum Gasteiger partial charge on any atom is -0.545 e. The normalized spacial score (nSPS) is 30.7. The topological polar surface area (TPSA) is 43.4 Å². The number of rotatable bonds is 2. The van der Waals surface area contributed by atoms with E-state index in [0.717, 1.165) is 18.4 Å². The molecule has 0 spiro atoms. The molecule has 2 heterocycles. The molecule has 0 amide bonds. The van der Waals surface area contributed by atoms with Gasteiger partial charge in [0.1, 0.15) is 0 Å². The van der Waals surface area contributed by atoms with Gasteiger partial charge in [-0.1, -0.05) is 12.5 Å². The molecule has 0 aliphatic carbocycles. The van der Waals surface area contributed by atoms with Gasteiger partial charge in [0, 0.05) is 12.1 Å². The third kappa shape index (κ3) is 1.81. The van der Waals surface area contributed by atoms with Gasteiger partial charge in [-0.2, -0.15) is 0 Å². The molecule has 2 unspecified atom stereocenters. The van der Waals surface area contributed by atoms with E-state index < -0.39 is 5.97 Å². The highest BCUT2D eigenvalue weighted by Crippen LogP contribution is 2.38. The molecule has 0 aromatic rings. The predicted molar refractivity (Wildman–Crippen MR) is 56.1 cm³/mol. The van der Waals surface area contributed by atoms with Crippen LogP contribution >= 0.6 is 0 Å². The summed E-state index contributed by atoms with van der Waals surface area (Å²) in [4.78, 5) is 13.4. The fourth-order valence-electron chi connectivity index (χ4n) is 3.02. The number of carbonyl (C=O) groups is 1. The molecule has 0 aromatic carbocycles. The van der Waals surface area contributed by atoms with E-state index in [4.69, 9.17) is 0 Å². The molecule has 0 saturated carbocycles. The number of fused-ring (bicyclic) bond motifs is 2. The smallest absolute Gasteiger partial charge is 0.0674 e. The number of carboxylic acids is 1. The van der Waals surface area contributed by atoms with Gasteiger partial charge < -0.3 is 9.90 Å². The van der Waals surface area contributed by atoms with Crippen molar-refractivity contribution in [3.8, 4) is 0 Å². The van der Waals surface area contributed by atoms with E-state index >= 15 is 0 Å². The molecule has 15 heavy (non-hydrogen) atoms. The van der Waals surface area contributed by atoms with Crippen molar-refractivity contribution in [2.75, 3.05) is 7.05 Å².